The molecule has 0 aliphatic carbocycles. The minimum Gasteiger partial charge on any atom is -0.480 e. The fourth-order valence-corrected chi connectivity index (χ4v) is 2.20. The summed E-state index contributed by atoms with van der Waals surface area (Å²) < 4.78 is 0.696. The molecule has 104 valence electrons. The third-order valence-electron chi connectivity index (χ3n) is 2.75. The first-order chi connectivity index (χ1) is 8.82. The second-order valence-electron chi connectivity index (χ2n) is 4.93. The largest absolute Gasteiger partial charge is 0.480 e. The van der Waals surface area contributed by atoms with Crippen molar-refractivity contribution in [1.82, 2.24) is 5.32 Å². The molecule has 0 saturated carbocycles. The SMILES string of the molecule is Cc1cccc(C(=O)NC(CC(C)C)C(=O)O)c1Br. The number of carbonyl (C=O) groups is 2. The van der Waals surface area contributed by atoms with Crippen molar-refractivity contribution in [2.45, 2.75) is 33.2 Å². The first-order valence-electron chi connectivity index (χ1n) is 6.11. The number of halogens is 1. The second kappa shape index (κ2) is 6.70. The standard InChI is InChI=1S/C14H18BrNO3/c1-8(2)7-11(14(18)19)16-13(17)10-6-4-5-9(3)12(10)15/h4-6,8,11H,7H2,1-3H3,(H,16,17)(H,18,19). The van der Waals surface area contributed by atoms with Crippen molar-refractivity contribution in [1.29, 1.82) is 0 Å². The third kappa shape index (κ3) is 4.35. The molecule has 5 heteroatoms. The minimum atomic E-state index is -1.01. The molecule has 0 fully saturated rings. The Morgan fingerprint density at radius 3 is 2.53 bits per heavy atom. The molecule has 0 heterocycles. The molecule has 0 aliphatic heterocycles. The van der Waals surface area contributed by atoms with Gasteiger partial charge in [-0.3, -0.25) is 4.79 Å². The number of aryl methyl sites for hydroxylation is 1. The quantitative estimate of drug-likeness (QED) is 0.873. The maximum Gasteiger partial charge on any atom is 0.326 e. The van der Waals surface area contributed by atoms with Crippen LogP contribution in [0.3, 0.4) is 0 Å². The smallest absolute Gasteiger partial charge is 0.326 e. The van der Waals surface area contributed by atoms with Crippen molar-refractivity contribution in [2.75, 3.05) is 0 Å². The predicted molar refractivity (Wildman–Crippen MR) is 77.2 cm³/mol. The van der Waals surface area contributed by atoms with Crippen LogP contribution in [0, 0.1) is 12.8 Å². The van der Waals surface area contributed by atoms with Crippen LogP contribution in [0.25, 0.3) is 0 Å². The highest BCUT2D eigenvalue weighted by molar-refractivity contribution is 9.10. The highest BCUT2D eigenvalue weighted by Crippen LogP contribution is 2.21. The molecule has 1 atom stereocenters. The Morgan fingerprint density at radius 2 is 2.00 bits per heavy atom. The Labute approximate surface area is 121 Å². The number of nitrogens with one attached hydrogen (secondary N) is 1. The van der Waals surface area contributed by atoms with E-state index >= 15 is 0 Å². The van der Waals surface area contributed by atoms with Gasteiger partial charge in [-0.15, -0.1) is 0 Å². The van der Waals surface area contributed by atoms with Gasteiger partial charge in [0.1, 0.15) is 6.04 Å². The molecule has 1 rings (SSSR count). The van der Waals surface area contributed by atoms with Crippen LogP contribution in [0.1, 0.15) is 36.2 Å². The fourth-order valence-electron chi connectivity index (χ4n) is 1.75. The molecule has 2 N–H and O–H groups in total. The average Bonchev–Trinajstić information content (AvgIpc) is 2.31. The number of amides is 1. The van der Waals surface area contributed by atoms with Crippen molar-refractivity contribution >= 4 is 27.8 Å². The van der Waals surface area contributed by atoms with Crippen LogP contribution in [-0.2, 0) is 4.79 Å². The molecule has 1 aromatic rings. The summed E-state index contributed by atoms with van der Waals surface area (Å²) in [4.78, 5) is 23.2. The molecule has 4 nitrogen and oxygen atoms in total. The van der Waals surface area contributed by atoms with Crippen molar-refractivity contribution in [3.8, 4) is 0 Å². The van der Waals surface area contributed by atoms with Gasteiger partial charge in [-0.25, -0.2) is 4.79 Å². The van der Waals surface area contributed by atoms with E-state index in [1.54, 1.807) is 12.1 Å². The Morgan fingerprint density at radius 1 is 1.37 bits per heavy atom. The molecule has 1 amide bonds. The van der Waals surface area contributed by atoms with Gasteiger partial charge in [-0.2, -0.15) is 0 Å². The maximum atomic E-state index is 12.1. The van der Waals surface area contributed by atoms with Crippen LogP contribution in [0.5, 0.6) is 0 Å². The van der Waals surface area contributed by atoms with Gasteiger partial charge >= 0.3 is 5.97 Å². The van der Waals surface area contributed by atoms with Crippen molar-refractivity contribution in [3.05, 3.63) is 33.8 Å². The summed E-state index contributed by atoms with van der Waals surface area (Å²) in [6, 6.07) is 4.46. The van der Waals surface area contributed by atoms with E-state index in [0.717, 1.165) is 5.56 Å². The number of carboxylic acid groups (broad SMARTS) is 1. The van der Waals surface area contributed by atoms with E-state index in [1.807, 2.05) is 26.8 Å². The lowest BCUT2D eigenvalue weighted by Crippen LogP contribution is -2.41. The van der Waals surface area contributed by atoms with Crippen LogP contribution >= 0.6 is 15.9 Å². The van der Waals surface area contributed by atoms with Gasteiger partial charge in [0, 0.05) is 4.47 Å². The number of aliphatic carboxylic acids is 1. The van der Waals surface area contributed by atoms with Crippen molar-refractivity contribution in [2.24, 2.45) is 5.92 Å². The molecule has 1 aromatic carbocycles. The van der Waals surface area contributed by atoms with Crippen LogP contribution in [0.2, 0.25) is 0 Å². The van der Waals surface area contributed by atoms with Crippen LogP contribution in [0.15, 0.2) is 22.7 Å². The van der Waals surface area contributed by atoms with E-state index < -0.39 is 12.0 Å². The molecule has 0 spiro atoms. The summed E-state index contributed by atoms with van der Waals surface area (Å²) in [5, 5.41) is 11.7. The number of benzene rings is 1. The summed E-state index contributed by atoms with van der Waals surface area (Å²) >= 11 is 3.35. The summed E-state index contributed by atoms with van der Waals surface area (Å²) in [5.41, 5.74) is 1.39. The van der Waals surface area contributed by atoms with E-state index in [-0.39, 0.29) is 11.8 Å². The number of carbonyl (C=O) groups excluding carboxylic acids is 1. The van der Waals surface area contributed by atoms with Gasteiger partial charge in [0.05, 0.1) is 5.56 Å². The van der Waals surface area contributed by atoms with Gasteiger partial charge < -0.3 is 10.4 Å². The molecule has 0 aliphatic rings. The molecule has 0 saturated heterocycles. The van der Waals surface area contributed by atoms with Gasteiger partial charge in [-0.1, -0.05) is 26.0 Å². The Hall–Kier alpha value is -1.36. The number of rotatable bonds is 5. The highest BCUT2D eigenvalue weighted by atomic mass is 79.9. The van der Waals surface area contributed by atoms with Gasteiger partial charge in [0.2, 0.25) is 0 Å². The van der Waals surface area contributed by atoms with Gasteiger partial charge in [0.15, 0.2) is 0 Å². The molecule has 0 bridgehead atoms. The number of hydrogen-bond donors (Lipinski definition) is 2. The predicted octanol–water partition coefficient (Wildman–Crippen LogP) is 2.99. The Bertz CT molecular complexity index is 486. The van der Waals surface area contributed by atoms with E-state index in [9.17, 15) is 9.59 Å². The van der Waals surface area contributed by atoms with Gasteiger partial charge in [0.25, 0.3) is 5.91 Å². The van der Waals surface area contributed by atoms with E-state index in [1.165, 1.54) is 0 Å². The zero-order valence-corrected chi connectivity index (χ0v) is 12.8. The monoisotopic (exact) mass is 327 g/mol. The lowest BCUT2D eigenvalue weighted by atomic mass is 10.0. The summed E-state index contributed by atoms with van der Waals surface area (Å²) in [5.74, 6) is -1.18. The lowest BCUT2D eigenvalue weighted by molar-refractivity contribution is -0.139. The maximum absolute atomic E-state index is 12.1. The lowest BCUT2D eigenvalue weighted by Gasteiger charge is -2.17. The van der Waals surface area contributed by atoms with E-state index in [0.29, 0.717) is 16.5 Å². The average molecular weight is 328 g/mol. The van der Waals surface area contributed by atoms with Crippen LogP contribution < -0.4 is 5.32 Å². The highest BCUT2D eigenvalue weighted by Gasteiger charge is 2.22. The molecule has 0 aromatic heterocycles. The summed E-state index contributed by atoms with van der Waals surface area (Å²) in [6.45, 7) is 5.72. The second-order valence-corrected chi connectivity index (χ2v) is 5.72. The molecular weight excluding hydrogens is 310 g/mol. The Balaban J connectivity index is 2.88. The molecule has 19 heavy (non-hydrogen) atoms. The summed E-state index contributed by atoms with van der Waals surface area (Å²) in [7, 11) is 0. The zero-order chi connectivity index (χ0) is 14.6. The normalized spacial score (nSPS) is 12.3. The fraction of sp³-hybridized carbons (Fsp3) is 0.429. The first-order valence-corrected chi connectivity index (χ1v) is 6.91. The van der Waals surface area contributed by atoms with E-state index in [2.05, 4.69) is 21.2 Å². The molecule has 0 radical (unpaired) electrons. The van der Waals surface area contributed by atoms with Gasteiger partial charge in [-0.05, 0) is 46.8 Å². The van der Waals surface area contributed by atoms with E-state index in [4.69, 9.17) is 5.11 Å². The van der Waals surface area contributed by atoms with Crippen molar-refractivity contribution < 1.29 is 14.7 Å². The Kier molecular flexibility index (Phi) is 5.54. The minimum absolute atomic E-state index is 0.197. The molecular formula is C14H18BrNO3. The zero-order valence-electron chi connectivity index (χ0n) is 11.2. The summed E-state index contributed by atoms with van der Waals surface area (Å²) in [6.07, 6.45) is 0.407. The third-order valence-corrected chi connectivity index (χ3v) is 3.80. The topological polar surface area (TPSA) is 66.4 Å². The number of hydrogen-bond acceptors (Lipinski definition) is 2. The first kappa shape index (κ1) is 15.7. The van der Waals surface area contributed by atoms with Crippen molar-refractivity contribution in [3.63, 3.8) is 0 Å². The molecule has 1 unspecified atom stereocenters. The van der Waals surface area contributed by atoms with Crippen LogP contribution in [-0.4, -0.2) is 23.0 Å². The number of carboxylic acids is 1. The van der Waals surface area contributed by atoms with Crippen LogP contribution in [0.4, 0.5) is 0 Å².